The van der Waals surface area contributed by atoms with Crippen LogP contribution in [0.4, 0.5) is 5.82 Å². The van der Waals surface area contributed by atoms with E-state index in [1.807, 2.05) is 31.1 Å². The van der Waals surface area contributed by atoms with E-state index in [2.05, 4.69) is 9.82 Å². The first-order valence-corrected chi connectivity index (χ1v) is 3.68. The summed E-state index contributed by atoms with van der Waals surface area (Å²) in [5.41, 5.74) is 0.975. The van der Waals surface area contributed by atoms with E-state index in [1.165, 1.54) is 0 Å². The summed E-state index contributed by atoms with van der Waals surface area (Å²) in [5, 5.41) is 0. The molecule has 0 aliphatic rings. The first-order chi connectivity index (χ1) is 5.74. The highest BCUT2D eigenvalue weighted by Crippen LogP contribution is 2.07. The number of anilines is 1. The Morgan fingerprint density at radius 1 is 1.50 bits per heavy atom. The average molecular weight is 167 g/mol. The SMILES string of the molecule is CN(C)c1ccc(CON)cn1. The number of aromatic nitrogens is 1. The Kier molecular flexibility index (Phi) is 3.01. The van der Waals surface area contributed by atoms with E-state index >= 15 is 0 Å². The molecule has 0 fully saturated rings. The zero-order chi connectivity index (χ0) is 8.97. The van der Waals surface area contributed by atoms with Gasteiger partial charge in [0, 0.05) is 20.3 Å². The number of nitrogens with zero attached hydrogens (tertiary/aromatic N) is 2. The van der Waals surface area contributed by atoms with Gasteiger partial charge < -0.3 is 4.90 Å². The molecule has 1 heterocycles. The lowest BCUT2D eigenvalue weighted by Crippen LogP contribution is -2.10. The standard InChI is InChI=1S/C8H13N3O/c1-11(2)8-4-3-7(5-10-8)6-12-9/h3-5H,6,9H2,1-2H3. The summed E-state index contributed by atoms with van der Waals surface area (Å²) in [7, 11) is 3.89. The molecule has 0 aliphatic carbocycles. The van der Waals surface area contributed by atoms with E-state index in [0.29, 0.717) is 6.61 Å². The van der Waals surface area contributed by atoms with Gasteiger partial charge in [-0.2, -0.15) is 0 Å². The highest BCUT2D eigenvalue weighted by molar-refractivity contribution is 5.36. The topological polar surface area (TPSA) is 51.4 Å². The van der Waals surface area contributed by atoms with Crippen molar-refractivity contribution in [3.8, 4) is 0 Å². The molecule has 1 aromatic rings. The third kappa shape index (κ3) is 2.18. The molecule has 0 atom stereocenters. The molecule has 12 heavy (non-hydrogen) atoms. The summed E-state index contributed by atoms with van der Waals surface area (Å²) in [6.45, 7) is 0.403. The molecule has 1 aromatic heterocycles. The van der Waals surface area contributed by atoms with E-state index in [0.717, 1.165) is 11.4 Å². The van der Waals surface area contributed by atoms with Crippen molar-refractivity contribution in [2.45, 2.75) is 6.61 Å². The second-order valence-electron chi connectivity index (χ2n) is 2.73. The van der Waals surface area contributed by atoms with E-state index < -0.39 is 0 Å². The number of hydrogen-bond donors (Lipinski definition) is 1. The van der Waals surface area contributed by atoms with E-state index in [-0.39, 0.29) is 0 Å². The molecule has 0 spiro atoms. The van der Waals surface area contributed by atoms with Crippen LogP contribution in [0.25, 0.3) is 0 Å². The quantitative estimate of drug-likeness (QED) is 0.667. The van der Waals surface area contributed by atoms with Gasteiger partial charge in [-0.15, -0.1) is 0 Å². The molecular formula is C8H13N3O. The molecule has 0 aliphatic heterocycles. The smallest absolute Gasteiger partial charge is 0.127 e. The summed E-state index contributed by atoms with van der Waals surface area (Å²) in [6.07, 6.45) is 1.75. The largest absolute Gasteiger partial charge is 0.363 e. The van der Waals surface area contributed by atoms with Crippen LogP contribution in [-0.4, -0.2) is 19.1 Å². The van der Waals surface area contributed by atoms with Crippen molar-refractivity contribution < 1.29 is 4.84 Å². The van der Waals surface area contributed by atoms with Gasteiger partial charge in [0.2, 0.25) is 0 Å². The van der Waals surface area contributed by atoms with Gasteiger partial charge in [-0.05, 0) is 11.6 Å². The fourth-order valence-electron chi connectivity index (χ4n) is 0.863. The van der Waals surface area contributed by atoms with Gasteiger partial charge in [-0.3, -0.25) is 4.84 Å². The Balaban J connectivity index is 2.71. The van der Waals surface area contributed by atoms with Crippen LogP contribution in [0.5, 0.6) is 0 Å². The van der Waals surface area contributed by atoms with Gasteiger partial charge in [-0.1, -0.05) is 6.07 Å². The van der Waals surface area contributed by atoms with Crippen LogP contribution >= 0.6 is 0 Å². The van der Waals surface area contributed by atoms with Crippen molar-refractivity contribution in [3.63, 3.8) is 0 Å². The third-order valence-corrected chi connectivity index (χ3v) is 1.52. The van der Waals surface area contributed by atoms with Crippen molar-refractivity contribution in [3.05, 3.63) is 23.9 Å². The van der Waals surface area contributed by atoms with Crippen LogP contribution in [0, 0.1) is 0 Å². The number of rotatable bonds is 3. The van der Waals surface area contributed by atoms with Crippen LogP contribution in [-0.2, 0) is 11.4 Å². The average Bonchev–Trinajstić information content (AvgIpc) is 2.06. The highest BCUT2D eigenvalue weighted by Gasteiger charge is 1.96. The minimum absolute atomic E-state index is 0.403. The van der Waals surface area contributed by atoms with Gasteiger partial charge in [0.25, 0.3) is 0 Å². The minimum Gasteiger partial charge on any atom is -0.363 e. The van der Waals surface area contributed by atoms with Crippen LogP contribution in [0.2, 0.25) is 0 Å². The predicted molar refractivity (Wildman–Crippen MR) is 47.5 cm³/mol. The number of hydrogen-bond acceptors (Lipinski definition) is 4. The van der Waals surface area contributed by atoms with E-state index in [4.69, 9.17) is 5.90 Å². The Morgan fingerprint density at radius 3 is 2.67 bits per heavy atom. The maximum Gasteiger partial charge on any atom is 0.127 e. The molecule has 0 saturated carbocycles. The fraction of sp³-hybridized carbons (Fsp3) is 0.375. The first kappa shape index (κ1) is 8.96. The monoisotopic (exact) mass is 167 g/mol. The van der Waals surface area contributed by atoms with Crippen LogP contribution in [0.15, 0.2) is 18.3 Å². The molecule has 0 saturated heterocycles. The van der Waals surface area contributed by atoms with Crippen molar-refractivity contribution in [1.29, 1.82) is 0 Å². The molecule has 0 unspecified atom stereocenters. The summed E-state index contributed by atoms with van der Waals surface area (Å²) in [4.78, 5) is 10.6. The van der Waals surface area contributed by atoms with Gasteiger partial charge in [0.15, 0.2) is 0 Å². The van der Waals surface area contributed by atoms with E-state index in [9.17, 15) is 0 Å². The minimum atomic E-state index is 0.403. The van der Waals surface area contributed by atoms with Crippen LogP contribution in [0.1, 0.15) is 5.56 Å². The Hall–Kier alpha value is -1.13. The van der Waals surface area contributed by atoms with Gasteiger partial charge in [-0.25, -0.2) is 10.9 Å². The van der Waals surface area contributed by atoms with Crippen molar-refractivity contribution in [2.24, 2.45) is 5.90 Å². The zero-order valence-corrected chi connectivity index (χ0v) is 7.32. The van der Waals surface area contributed by atoms with Crippen LogP contribution in [0.3, 0.4) is 0 Å². The second-order valence-corrected chi connectivity index (χ2v) is 2.73. The fourth-order valence-corrected chi connectivity index (χ4v) is 0.863. The molecule has 1 rings (SSSR count). The third-order valence-electron chi connectivity index (χ3n) is 1.52. The number of nitrogens with two attached hydrogens (primary N) is 1. The lowest BCUT2D eigenvalue weighted by Gasteiger charge is -2.10. The molecule has 0 radical (unpaired) electrons. The van der Waals surface area contributed by atoms with Gasteiger partial charge in [0.1, 0.15) is 5.82 Å². The molecule has 0 aromatic carbocycles. The summed E-state index contributed by atoms with van der Waals surface area (Å²) in [6, 6.07) is 3.86. The van der Waals surface area contributed by atoms with Crippen molar-refractivity contribution in [1.82, 2.24) is 4.98 Å². The zero-order valence-electron chi connectivity index (χ0n) is 7.32. The first-order valence-electron chi connectivity index (χ1n) is 3.68. The molecule has 2 N–H and O–H groups in total. The van der Waals surface area contributed by atoms with Crippen molar-refractivity contribution in [2.75, 3.05) is 19.0 Å². The normalized spacial score (nSPS) is 9.92. The second kappa shape index (κ2) is 4.04. The van der Waals surface area contributed by atoms with Gasteiger partial charge >= 0.3 is 0 Å². The predicted octanol–water partition coefficient (Wildman–Crippen LogP) is 0.538. The lowest BCUT2D eigenvalue weighted by molar-refractivity contribution is 0.124. The maximum atomic E-state index is 4.92. The van der Waals surface area contributed by atoms with E-state index in [1.54, 1.807) is 6.20 Å². The Bertz CT molecular complexity index is 233. The number of pyridine rings is 1. The molecule has 66 valence electrons. The summed E-state index contributed by atoms with van der Waals surface area (Å²) in [5.74, 6) is 5.85. The van der Waals surface area contributed by atoms with Crippen LogP contribution < -0.4 is 10.8 Å². The molecule has 0 amide bonds. The molecule has 4 nitrogen and oxygen atoms in total. The molecule has 0 bridgehead atoms. The van der Waals surface area contributed by atoms with Crippen molar-refractivity contribution >= 4 is 5.82 Å². The maximum absolute atomic E-state index is 4.92. The summed E-state index contributed by atoms with van der Waals surface area (Å²) < 4.78 is 0. The lowest BCUT2D eigenvalue weighted by atomic mass is 10.3. The van der Waals surface area contributed by atoms with Gasteiger partial charge in [0.05, 0.1) is 6.61 Å². The highest BCUT2D eigenvalue weighted by atomic mass is 16.6. The Morgan fingerprint density at radius 2 is 2.25 bits per heavy atom. The summed E-state index contributed by atoms with van der Waals surface area (Å²) >= 11 is 0. The molecule has 4 heteroatoms. The Labute approximate surface area is 71.9 Å². The molecular weight excluding hydrogens is 154 g/mol.